The molecule has 1 nitrogen and oxygen atoms in total. The zero-order valence-electron chi connectivity index (χ0n) is 14.7. The molecule has 1 heteroatoms. The summed E-state index contributed by atoms with van der Waals surface area (Å²) in [6.07, 6.45) is 0. The molecule has 1 unspecified atom stereocenters. The summed E-state index contributed by atoms with van der Waals surface area (Å²) >= 11 is 0. The molecule has 0 spiro atoms. The van der Waals surface area contributed by atoms with Gasteiger partial charge in [0.05, 0.1) is 0 Å². The van der Waals surface area contributed by atoms with Gasteiger partial charge in [0, 0.05) is 25.2 Å². The van der Waals surface area contributed by atoms with Crippen molar-refractivity contribution in [2.45, 2.75) is 40.5 Å². The van der Waals surface area contributed by atoms with Crippen molar-refractivity contribution >= 4 is 5.69 Å². The van der Waals surface area contributed by atoms with E-state index in [1.807, 2.05) is 0 Å². The highest BCUT2D eigenvalue weighted by atomic mass is 15.1. The van der Waals surface area contributed by atoms with Gasteiger partial charge in [0.2, 0.25) is 0 Å². The number of benzene rings is 2. The molecular formula is C21H27N. The van der Waals surface area contributed by atoms with Crippen LogP contribution in [-0.4, -0.2) is 13.6 Å². The minimum Gasteiger partial charge on any atom is -0.374 e. The number of anilines is 1. The van der Waals surface area contributed by atoms with Crippen molar-refractivity contribution in [3.8, 4) is 11.1 Å². The average molecular weight is 293 g/mol. The summed E-state index contributed by atoms with van der Waals surface area (Å²) in [5, 5.41) is 0. The predicted molar refractivity (Wildman–Crippen MR) is 96.9 cm³/mol. The normalized spacial score (nSPS) is 17.2. The zero-order chi connectivity index (χ0) is 16.0. The molecule has 3 rings (SSSR count). The molecule has 0 N–H and O–H groups in total. The SMILES string of the molecule is Cc1ccc(-c2cc(C)c3c(c2C)C(C(C)C)CN3C)cc1. The van der Waals surface area contributed by atoms with Crippen molar-refractivity contribution < 1.29 is 0 Å². The molecule has 2 aromatic rings. The van der Waals surface area contributed by atoms with Crippen molar-refractivity contribution in [3.05, 3.63) is 52.6 Å². The van der Waals surface area contributed by atoms with Crippen LogP contribution in [0.3, 0.4) is 0 Å². The molecule has 0 amide bonds. The summed E-state index contributed by atoms with van der Waals surface area (Å²) in [5.41, 5.74) is 9.97. The highest BCUT2D eigenvalue weighted by Gasteiger charge is 2.32. The quantitative estimate of drug-likeness (QED) is 0.710. The van der Waals surface area contributed by atoms with Gasteiger partial charge >= 0.3 is 0 Å². The predicted octanol–water partition coefficient (Wildman–Crippen LogP) is 5.47. The molecule has 1 aliphatic rings. The Hall–Kier alpha value is -1.76. The molecule has 0 saturated heterocycles. The lowest BCUT2D eigenvalue weighted by atomic mass is 9.83. The van der Waals surface area contributed by atoms with Gasteiger partial charge < -0.3 is 4.90 Å². The molecular weight excluding hydrogens is 266 g/mol. The lowest BCUT2D eigenvalue weighted by molar-refractivity contribution is 0.519. The second-order valence-corrected chi connectivity index (χ2v) is 7.23. The van der Waals surface area contributed by atoms with E-state index in [1.165, 1.54) is 33.5 Å². The summed E-state index contributed by atoms with van der Waals surface area (Å²) in [7, 11) is 2.24. The third-order valence-electron chi connectivity index (χ3n) is 5.19. The summed E-state index contributed by atoms with van der Waals surface area (Å²) in [6, 6.07) is 11.3. The Bertz CT molecular complexity index is 695. The maximum Gasteiger partial charge on any atom is 0.0432 e. The monoisotopic (exact) mass is 293 g/mol. The molecule has 0 aliphatic carbocycles. The zero-order valence-corrected chi connectivity index (χ0v) is 14.7. The number of hydrogen-bond acceptors (Lipinski definition) is 1. The van der Waals surface area contributed by atoms with E-state index in [1.54, 1.807) is 5.56 Å². The van der Waals surface area contributed by atoms with Crippen LogP contribution in [0.5, 0.6) is 0 Å². The van der Waals surface area contributed by atoms with Crippen LogP contribution in [0.25, 0.3) is 11.1 Å². The highest BCUT2D eigenvalue weighted by Crippen LogP contribution is 2.46. The first-order valence-electron chi connectivity index (χ1n) is 8.32. The summed E-state index contributed by atoms with van der Waals surface area (Å²) in [4.78, 5) is 2.45. The van der Waals surface area contributed by atoms with Crippen LogP contribution in [0.4, 0.5) is 5.69 Å². The van der Waals surface area contributed by atoms with Crippen LogP contribution in [0.15, 0.2) is 30.3 Å². The van der Waals surface area contributed by atoms with Gasteiger partial charge in [-0.05, 0) is 60.6 Å². The van der Waals surface area contributed by atoms with Crippen LogP contribution >= 0.6 is 0 Å². The number of aryl methyl sites for hydroxylation is 2. The van der Waals surface area contributed by atoms with Gasteiger partial charge in [0.25, 0.3) is 0 Å². The minimum absolute atomic E-state index is 0.643. The van der Waals surface area contributed by atoms with E-state index in [-0.39, 0.29) is 0 Å². The summed E-state index contributed by atoms with van der Waals surface area (Å²) in [6.45, 7) is 12.6. The maximum absolute atomic E-state index is 2.45. The van der Waals surface area contributed by atoms with E-state index in [0.29, 0.717) is 11.8 Å². The molecule has 2 aromatic carbocycles. The molecule has 116 valence electrons. The summed E-state index contributed by atoms with van der Waals surface area (Å²) < 4.78 is 0. The van der Waals surface area contributed by atoms with E-state index in [4.69, 9.17) is 0 Å². The average Bonchev–Trinajstić information content (AvgIpc) is 2.82. The van der Waals surface area contributed by atoms with Crippen LogP contribution in [0.1, 0.15) is 42.0 Å². The van der Waals surface area contributed by atoms with Crippen LogP contribution in [0, 0.1) is 26.7 Å². The number of fused-ring (bicyclic) bond motifs is 1. The van der Waals surface area contributed by atoms with Crippen molar-refractivity contribution in [2.24, 2.45) is 5.92 Å². The molecule has 22 heavy (non-hydrogen) atoms. The number of rotatable bonds is 2. The van der Waals surface area contributed by atoms with Gasteiger partial charge in [0.1, 0.15) is 0 Å². The van der Waals surface area contributed by atoms with Crippen LogP contribution in [-0.2, 0) is 0 Å². The Labute approximate surface area is 135 Å². The molecule has 0 saturated carbocycles. The fourth-order valence-corrected chi connectivity index (χ4v) is 3.94. The molecule has 0 radical (unpaired) electrons. The van der Waals surface area contributed by atoms with Crippen molar-refractivity contribution in [1.82, 2.24) is 0 Å². The van der Waals surface area contributed by atoms with Gasteiger partial charge in [0.15, 0.2) is 0 Å². The van der Waals surface area contributed by atoms with E-state index >= 15 is 0 Å². The third kappa shape index (κ3) is 2.33. The summed E-state index contributed by atoms with van der Waals surface area (Å²) in [5.74, 6) is 1.32. The number of hydrogen-bond donors (Lipinski definition) is 0. The Balaban J connectivity index is 2.21. The molecule has 1 aliphatic heterocycles. The molecule has 0 bridgehead atoms. The van der Waals surface area contributed by atoms with Gasteiger partial charge in [-0.1, -0.05) is 43.7 Å². The topological polar surface area (TPSA) is 3.24 Å². The number of nitrogens with zero attached hydrogens (tertiary/aromatic N) is 1. The standard InChI is InChI=1S/C21H27N/c1-13(2)19-12-22(6)21-15(4)11-18(16(5)20(19)21)17-9-7-14(3)8-10-17/h7-11,13,19H,12H2,1-6H3. The van der Waals surface area contributed by atoms with Crippen molar-refractivity contribution in [2.75, 3.05) is 18.5 Å². The second-order valence-electron chi connectivity index (χ2n) is 7.23. The highest BCUT2D eigenvalue weighted by molar-refractivity contribution is 5.78. The van der Waals surface area contributed by atoms with Crippen LogP contribution < -0.4 is 4.90 Å². The molecule has 0 aromatic heterocycles. The fraction of sp³-hybridized carbons (Fsp3) is 0.429. The Morgan fingerprint density at radius 2 is 1.68 bits per heavy atom. The molecule has 1 atom stereocenters. The first-order valence-corrected chi connectivity index (χ1v) is 8.32. The van der Waals surface area contributed by atoms with Gasteiger partial charge in [-0.25, -0.2) is 0 Å². The first kappa shape index (κ1) is 15.1. The van der Waals surface area contributed by atoms with E-state index in [9.17, 15) is 0 Å². The maximum atomic E-state index is 2.45. The van der Waals surface area contributed by atoms with Gasteiger partial charge in [-0.15, -0.1) is 0 Å². The lowest BCUT2D eigenvalue weighted by Gasteiger charge is -2.20. The van der Waals surface area contributed by atoms with Gasteiger partial charge in [-0.2, -0.15) is 0 Å². The van der Waals surface area contributed by atoms with Crippen molar-refractivity contribution in [3.63, 3.8) is 0 Å². The van der Waals surface area contributed by atoms with E-state index < -0.39 is 0 Å². The molecule has 1 heterocycles. The Morgan fingerprint density at radius 1 is 1.05 bits per heavy atom. The first-order chi connectivity index (χ1) is 10.4. The minimum atomic E-state index is 0.643. The largest absolute Gasteiger partial charge is 0.374 e. The second kappa shape index (κ2) is 5.46. The van der Waals surface area contributed by atoms with Crippen LogP contribution in [0.2, 0.25) is 0 Å². The Kier molecular flexibility index (Phi) is 3.76. The molecule has 0 fully saturated rings. The Morgan fingerprint density at radius 3 is 2.27 bits per heavy atom. The fourth-order valence-electron chi connectivity index (χ4n) is 3.94. The van der Waals surface area contributed by atoms with E-state index in [0.717, 1.165) is 6.54 Å². The third-order valence-corrected chi connectivity index (χ3v) is 5.19. The van der Waals surface area contributed by atoms with Crippen molar-refractivity contribution in [1.29, 1.82) is 0 Å². The van der Waals surface area contributed by atoms with E-state index in [2.05, 4.69) is 76.9 Å². The number of likely N-dealkylation sites (N-methyl/N-ethyl adjacent to an activating group) is 1. The smallest absolute Gasteiger partial charge is 0.0432 e. The lowest BCUT2D eigenvalue weighted by Crippen LogP contribution is -2.18. The van der Waals surface area contributed by atoms with Gasteiger partial charge in [-0.3, -0.25) is 0 Å².